The maximum atomic E-state index is 12.1. The van der Waals surface area contributed by atoms with Crippen LogP contribution in [0.5, 0.6) is 0 Å². The second-order valence-corrected chi connectivity index (χ2v) is 8.47. The molecule has 2 aromatic carbocycles. The minimum Gasteiger partial charge on any atom is -0.308 e. The van der Waals surface area contributed by atoms with Gasteiger partial charge in [0.1, 0.15) is 5.69 Å². The summed E-state index contributed by atoms with van der Waals surface area (Å²) in [6.07, 6.45) is 1.92. The number of hydrogen-bond donors (Lipinski definition) is 1. The van der Waals surface area contributed by atoms with E-state index in [1.807, 2.05) is 37.1 Å². The molecule has 0 aliphatic rings. The molecule has 0 radical (unpaired) electrons. The lowest BCUT2D eigenvalue weighted by Crippen LogP contribution is -2.18. The Morgan fingerprint density at radius 3 is 2.37 bits per heavy atom. The van der Waals surface area contributed by atoms with E-state index in [0.29, 0.717) is 22.8 Å². The molecule has 0 aliphatic heterocycles. The largest absolute Gasteiger partial charge is 0.308 e. The van der Waals surface area contributed by atoms with Crippen molar-refractivity contribution in [3.63, 3.8) is 0 Å². The van der Waals surface area contributed by atoms with Gasteiger partial charge in [-0.1, -0.05) is 41.9 Å². The van der Waals surface area contributed by atoms with Gasteiger partial charge >= 0.3 is 0 Å². The summed E-state index contributed by atoms with van der Waals surface area (Å²) in [4.78, 5) is 2.11. The Morgan fingerprint density at radius 2 is 1.74 bits per heavy atom. The molecule has 0 bridgehead atoms. The van der Waals surface area contributed by atoms with Gasteiger partial charge in [0, 0.05) is 28.9 Å². The van der Waals surface area contributed by atoms with Crippen molar-refractivity contribution in [2.24, 2.45) is 5.14 Å². The summed E-state index contributed by atoms with van der Waals surface area (Å²) in [5, 5.41) is 10.7. The van der Waals surface area contributed by atoms with E-state index in [2.05, 4.69) is 10.00 Å². The van der Waals surface area contributed by atoms with Crippen molar-refractivity contribution in [1.29, 1.82) is 0 Å². The summed E-state index contributed by atoms with van der Waals surface area (Å²) in [6.45, 7) is 1.48. The number of likely N-dealkylation sites (N-methyl/N-ethyl adjacent to an activating group) is 1. The molecular weight excluding hydrogens is 384 g/mol. The van der Waals surface area contributed by atoms with Crippen LogP contribution in [0.1, 0.15) is 0 Å². The lowest BCUT2D eigenvalue weighted by molar-refractivity contribution is 0.373. The summed E-state index contributed by atoms with van der Waals surface area (Å²) >= 11 is 6.01. The van der Waals surface area contributed by atoms with Gasteiger partial charge in [0.25, 0.3) is 0 Å². The zero-order chi connectivity index (χ0) is 19.6. The first-order valence-electron chi connectivity index (χ1n) is 8.36. The highest BCUT2D eigenvalue weighted by Crippen LogP contribution is 2.34. The molecular formula is C19H21ClN4O2S. The smallest absolute Gasteiger partial charge is 0.238 e. The van der Waals surface area contributed by atoms with Crippen LogP contribution in [0.25, 0.3) is 22.4 Å². The molecule has 27 heavy (non-hydrogen) atoms. The van der Waals surface area contributed by atoms with Crippen LogP contribution in [-0.2, 0) is 16.6 Å². The van der Waals surface area contributed by atoms with E-state index >= 15 is 0 Å². The summed E-state index contributed by atoms with van der Waals surface area (Å²) in [5.41, 5.74) is 2.77. The highest BCUT2D eigenvalue weighted by atomic mass is 35.5. The molecule has 0 saturated carbocycles. The molecule has 0 atom stereocenters. The second kappa shape index (κ2) is 7.82. The predicted octanol–water partition coefficient (Wildman–Crippen LogP) is 3.08. The number of nitrogens with zero attached hydrogens (tertiary/aromatic N) is 3. The van der Waals surface area contributed by atoms with Crippen LogP contribution in [0, 0.1) is 0 Å². The van der Waals surface area contributed by atoms with E-state index in [9.17, 15) is 8.42 Å². The van der Waals surface area contributed by atoms with Crippen LogP contribution in [0.3, 0.4) is 0 Å². The minimum atomic E-state index is -3.88. The number of rotatable bonds is 6. The third-order valence-electron chi connectivity index (χ3n) is 4.14. The fraction of sp³-hybridized carbons (Fsp3) is 0.211. The van der Waals surface area contributed by atoms with Crippen molar-refractivity contribution in [3.8, 4) is 22.4 Å². The average molecular weight is 405 g/mol. The number of sulfonamides is 1. The van der Waals surface area contributed by atoms with Gasteiger partial charge in [0.2, 0.25) is 10.0 Å². The van der Waals surface area contributed by atoms with Crippen LogP contribution in [0.4, 0.5) is 0 Å². The third kappa shape index (κ3) is 4.56. The molecule has 3 rings (SSSR count). The van der Waals surface area contributed by atoms with Crippen molar-refractivity contribution in [2.45, 2.75) is 11.4 Å². The highest BCUT2D eigenvalue weighted by molar-refractivity contribution is 7.89. The van der Waals surface area contributed by atoms with Crippen molar-refractivity contribution in [1.82, 2.24) is 14.7 Å². The SMILES string of the molecule is CN(C)CCn1cc(-c2ccc(Cl)cc2)c(-c2ccccc2S(N)(=O)=O)n1. The van der Waals surface area contributed by atoms with Gasteiger partial charge < -0.3 is 4.90 Å². The molecule has 0 amide bonds. The van der Waals surface area contributed by atoms with E-state index in [0.717, 1.165) is 17.7 Å². The van der Waals surface area contributed by atoms with E-state index in [1.165, 1.54) is 6.07 Å². The third-order valence-corrected chi connectivity index (χ3v) is 5.36. The lowest BCUT2D eigenvalue weighted by Gasteiger charge is -2.09. The van der Waals surface area contributed by atoms with Crippen LogP contribution in [0.15, 0.2) is 59.6 Å². The van der Waals surface area contributed by atoms with Crippen molar-refractivity contribution in [3.05, 3.63) is 59.8 Å². The number of benzene rings is 2. The van der Waals surface area contributed by atoms with E-state index in [1.54, 1.807) is 30.3 Å². The topological polar surface area (TPSA) is 81.2 Å². The normalized spacial score (nSPS) is 11.9. The first-order valence-corrected chi connectivity index (χ1v) is 10.3. The molecule has 142 valence electrons. The number of hydrogen-bond acceptors (Lipinski definition) is 4. The molecule has 0 fully saturated rings. The highest BCUT2D eigenvalue weighted by Gasteiger charge is 2.20. The van der Waals surface area contributed by atoms with E-state index < -0.39 is 10.0 Å². The lowest BCUT2D eigenvalue weighted by atomic mass is 10.0. The van der Waals surface area contributed by atoms with Crippen LogP contribution >= 0.6 is 11.6 Å². The summed E-state index contributed by atoms with van der Waals surface area (Å²) in [6, 6.07) is 14.0. The molecule has 0 unspecified atom stereocenters. The Labute approximate surface area is 164 Å². The zero-order valence-corrected chi connectivity index (χ0v) is 16.7. The standard InChI is InChI=1S/C19H21ClN4O2S/c1-23(2)11-12-24-13-17(14-7-9-15(20)10-8-14)19(22-24)16-5-3-4-6-18(16)27(21,25)26/h3-10,13H,11-12H2,1-2H3,(H2,21,25,26). The second-order valence-electron chi connectivity index (χ2n) is 6.51. The number of primary sulfonamides is 1. The fourth-order valence-electron chi connectivity index (χ4n) is 2.79. The maximum Gasteiger partial charge on any atom is 0.238 e. The van der Waals surface area contributed by atoms with Crippen molar-refractivity contribution >= 4 is 21.6 Å². The van der Waals surface area contributed by atoms with Crippen LogP contribution in [-0.4, -0.2) is 43.7 Å². The molecule has 8 heteroatoms. The van der Waals surface area contributed by atoms with Gasteiger partial charge in [-0.2, -0.15) is 5.10 Å². The summed E-state index contributed by atoms with van der Waals surface area (Å²) < 4.78 is 25.9. The van der Waals surface area contributed by atoms with Crippen LogP contribution < -0.4 is 5.14 Å². The molecule has 1 aromatic heterocycles. The molecule has 2 N–H and O–H groups in total. The van der Waals surface area contributed by atoms with Gasteiger partial charge in [0.15, 0.2) is 0 Å². The Morgan fingerprint density at radius 1 is 1.07 bits per heavy atom. The first-order chi connectivity index (χ1) is 12.8. The summed E-state index contributed by atoms with van der Waals surface area (Å²) in [5.74, 6) is 0. The van der Waals surface area contributed by atoms with Crippen molar-refractivity contribution < 1.29 is 8.42 Å². The Kier molecular flexibility index (Phi) is 5.67. The van der Waals surface area contributed by atoms with Crippen molar-refractivity contribution in [2.75, 3.05) is 20.6 Å². The summed E-state index contributed by atoms with van der Waals surface area (Å²) in [7, 11) is 0.0915. The molecule has 1 heterocycles. The first kappa shape index (κ1) is 19.6. The zero-order valence-electron chi connectivity index (χ0n) is 15.1. The molecule has 0 aliphatic carbocycles. The quantitative estimate of drug-likeness (QED) is 0.684. The van der Waals surface area contributed by atoms with E-state index in [-0.39, 0.29) is 4.90 Å². The van der Waals surface area contributed by atoms with Crippen LogP contribution in [0.2, 0.25) is 5.02 Å². The monoisotopic (exact) mass is 404 g/mol. The number of aromatic nitrogens is 2. The predicted molar refractivity (Wildman–Crippen MR) is 108 cm³/mol. The Bertz CT molecular complexity index is 1040. The Hall–Kier alpha value is -2.19. The van der Waals surface area contributed by atoms with Gasteiger partial charge in [0.05, 0.1) is 11.4 Å². The molecule has 0 spiro atoms. The Balaban J connectivity index is 2.18. The average Bonchev–Trinajstić information content (AvgIpc) is 3.04. The maximum absolute atomic E-state index is 12.1. The minimum absolute atomic E-state index is 0.0538. The van der Waals surface area contributed by atoms with Gasteiger partial charge in [-0.3, -0.25) is 4.68 Å². The van der Waals surface area contributed by atoms with Gasteiger partial charge in [-0.15, -0.1) is 0 Å². The fourth-order valence-corrected chi connectivity index (χ4v) is 3.65. The number of halogens is 1. The molecule has 6 nitrogen and oxygen atoms in total. The molecule has 3 aromatic rings. The van der Waals surface area contributed by atoms with E-state index in [4.69, 9.17) is 16.7 Å². The van der Waals surface area contributed by atoms with Gasteiger partial charge in [-0.25, -0.2) is 13.6 Å². The number of nitrogens with two attached hydrogens (primary N) is 1. The molecule has 0 saturated heterocycles. The van der Waals surface area contributed by atoms with Gasteiger partial charge in [-0.05, 0) is 37.9 Å².